The molecule has 130 valence electrons. The SMILES string of the molecule is O=[N+]([O-])c1cccc(N=Nc2cc(OCc3ccccc3)ccc2O)c1. The Morgan fingerprint density at radius 1 is 0.962 bits per heavy atom. The molecule has 3 aromatic carbocycles. The van der Waals surface area contributed by atoms with Crippen molar-refractivity contribution in [3.63, 3.8) is 0 Å². The van der Waals surface area contributed by atoms with Gasteiger partial charge in [0.2, 0.25) is 0 Å². The highest BCUT2D eigenvalue weighted by atomic mass is 16.6. The van der Waals surface area contributed by atoms with Crippen molar-refractivity contribution in [2.24, 2.45) is 10.2 Å². The molecule has 3 rings (SSSR count). The lowest BCUT2D eigenvalue weighted by Gasteiger charge is -2.07. The predicted octanol–water partition coefficient (Wildman–Crippen LogP) is 5.29. The number of nitro benzene ring substituents is 1. The molecule has 7 heteroatoms. The highest BCUT2D eigenvalue weighted by Crippen LogP contribution is 2.32. The molecule has 26 heavy (non-hydrogen) atoms. The van der Waals surface area contributed by atoms with Gasteiger partial charge in [-0.1, -0.05) is 36.4 Å². The van der Waals surface area contributed by atoms with Gasteiger partial charge < -0.3 is 9.84 Å². The molecule has 0 bridgehead atoms. The first kappa shape index (κ1) is 17.1. The number of rotatable bonds is 6. The summed E-state index contributed by atoms with van der Waals surface area (Å²) in [5, 5.41) is 28.6. The highest BCUT2D eigenvalue weighted by Gasteiger charge is 2.06. The van der Waals surface area contributed by atoms with Crippen molar-refractivity contribution in [1.82, 2.24) is 0 Å². The summed E-state index contributed by atoms with van der Waals surface area (Å²) in [6, 6.07) is 20.1. The van der Waals surface area contributed by atoms with Crippen LogP contribution in [-0.2, 0) is 6.61 Å². The molecular weight excluding hydrogens is 334 g/mol. The number of benzene rings is 3. The second kappa shape index (κ2) is 7.89. The number of phenols is 1. The fourth-order valence-corrected chi connectivity index (χ4v) is 2.19. The zero-order chi connectivity index (χ0) is 18.4. The first-order valence-corrected chi connectivity index (χ1v) is 7.78. The molecule has 1 N–H and O–H groups in total. The molecule has 0 spiro atoms. The summed E-state index contributed by atoms with van der Waals surface area (Å²) >= 11 is 0. The first-order valence-electron chi connectivity index (χ1n) is 7.78. The van der Waals surface area contributed by atoms with Gasteiger partial charge in [-0.05, 0) is 23.8 Å². The standard InChI is InChI=1S/C19H15N3O4/c23-19-10-9-17(26-13-14-5-2-1-3-6-14)12-18(19)21-20-15-7-4-8-16(11-15)22(24)25/h1-12,23H,13H2. The van der Waals surface area contributed by atoms with Crippen molar-refractivity contribution in [3.05, 3.63) is 88.5 Å². The van der Waals surface area contributed by atoms with Crippen LogP contribution in [0.5, 0.6) is 11.5 Å². The third-order valence-corrected chi connectivity index (χ3v) is 3.51. The van der Waals surface area contributed by atoms with Gasteiger partial charge >= 0.3 is 0 Å². The lowest BCUT2D eigenvalue weighted by atomic mass is 10.2. The number of hydrogen-bond donors (Lipinski definition) is 1. The van der Waals surface area contributed by atoms with Crippen LogP contribution in [0.4, 0.5) is 17.1 Å². The van der Waals surface area contributed by atoms with Crippen molar-refractivity contribution in [1.29, 1.82) is 0 Å². The Morgan fingerprint density at radius 2 is 1.77 bits per heavy atom. The van der Waals surface area contributed by atoms with E-state index in [2.05, 4.69) is 10.2 Å². The molecule has 0 amide bonds. The number of hydrogen-bond acceptors (Lipinski definition) is 6. The van der Waals surface area contributed by atoms with Crippen LogP contribution in [0.3, 0.4) is 0 Å². The topological polar surface area (TPSA) is 97.3 Å². The van der Waals surface area contributed by atoms with E-state index in [9.17, 15) is 15.2 Å². The molecule has 0 heterocycles. The van der Waals surface area contributed by atoms with Gasteiger partial charge in [0, 0.05) is 18.2 Å². The summed E-state index contributed by atoms with van der Waals surface area (Å²) in [7, 11) is 0. The summed E-state index contributed by atoms with van der Waals surface area (Å²) in [6.07, 6.45) is 0. The largest absolute Gasteiger partial charge is 0.506 e. The number of phenolic OH excluding ortho intramolecular Hbond substituents is 1. The highest BCUT2D eigenvalue weighted by molar-refractivity contribution is 5.55. The van der Waals surface area contributed by atoms with Gasteiger partial charge in [0.05, 0.1) is 10.6 Å². The number of nitrogens with zero attached hydrogens (tertiary/aromatic N) is 3. The van der Waals surface area contributed by atoms with Crippen molar-refractivity contribution >= 4 is 17.1 Å². The first-order chi connectivity index (χ1) is 12.6. The summed E-state index contributed by atoms with van der Waals surface area (Å²) in [5.41, 5.74) is 1.46. The van der Waals surface area contributed by atoms with Crippen LogP contribution in [-0.4, -0.2) is 10.0 Å². The van der Waals surface area contributed by atoms with E-state index < -0.39 is 4.92 Å². The molecule has 0 fully saturated rings. The van der Waals surface area contributed by atoms with Crippen LogP contribution < -0.4 is 4.74 Å². The fourth-order valence-electron chi connectivity index (χ4n) is 2.19. The minimum atomic E-state index is -0.505. The molecule has 0 aliphatic rings. The lowest BCUT2D eigenvalue weighted by Crippen LogP contribution is -1.94. The van der Waals surface area contributed by atoms with Crippen molar-refractivity contribution in [3.8, 4) is 11.5 Å². The van der Waals surface area contributed by atoms with Crippen LogP contribution in [0.15, 0.2) is 83.0 Å². The monoisotopic (exact) mass is 349 g/mol. The molecule has 0 unspecified atom stereocenters. The molecule has 0 saturated heterocycles. The molecule has 3 aromatic rings. The van der Waals surface area contributed by atoms with Crippen molar-refractivity contribution in [2.75, 3.05) is 0 Å². The smallest absolute Gasteiger partial charge is 0.271 e. The normalized spacial score (nSPS) is 10.8. The van der Waals surface area contributed by atoms with E-state index in [1.165, 1.54) is 24.3 Å². The van der Waals surface area contributed by atoms with Gasteiger partial charge in [-0.2, -0.15) is 5.11 Å². The maximum Gasteiger partial charge on any atom is 0.271 e. The van der Waals surface area contributed by atoms with Gasteiger partial charge in [0.25, 0.3) is 5.69 Å². The van der Waals surface area contributed by atoms with Crippen LogP contribution in [0.25, 0.3) is 0 Å². The summed E-state index contributed by atoms with van der Waals surface area (Å²) in [6.45, 7) is 0.382. The van der Waals surface area contributed by atoms with Gasteiger partial charge in [-0.25, -0.2) is 0 Å². The Kier molecular flexibility index (Phi) is 5.19. The third-order valence-electron chi connectivity index (χ3n) is 3.51. The van der Waals surface area contributed by atoms with Crippen LogP contribution in [0.1, 0.15) is 5.56 Å². The molecule has 7 nitrogen and oxygen atoms in total. The van der Waals surface area contributed by atoms with Gasteiger partial charge in [-0.3, -0.25) is 10.1 Å². The number of nitro groups is 1. The number of ether oxygens (including phenoxy) is 1. The predicted molar refractivity (Wildman–Crippen MR) is 96.2 cm³/mol. The van der Waals surface area contributed by atoms with E-state index >= 15 is 0 Å². The number of azo groups is 1. The van der Waals surface area contributed by atoms with E-state index in [1.807, 2.05) is 30.3 Å². The Bertz CT molecular complexity index is 943. The molecule has 0 atom stereocenters. The average Bonchev–Trinajstić information content (AvgIpc) is 2.67. The van der Waals surface area contributed by atoms with E-state index in [1.54, 1.807) is 18.2 Å². The quantitative estimate of drug-likeness (QED) is 0.371. The zero-order valence-electron chi connectivity index (χ0n) is 13.6. The Hall–Kier alpha value is -3.74. The second-order valence-electron chi connectivity index (χ2n) is 5.40. The molecule has 0 aromatic heterocycles. The van der Waals surface area contributed by atoms with E-state index in [4.69, 9.17) is 4.74 Å². The second-order valence-corrected chi connectivity index (χ2v) is 5.40. The van der Waals surface area contributed by atoms with Crippen LogP contribution >= 0.6 is 0 Å². The Morgan fingerprint density at radius 3 is 2.54 bits per heavy atom. The molecule has 0 radical (unpaired) electrons. The maximum atomic E-state index is 10.8. The van der Waals surface area contributed by atoms with Gasteiger partial charge in [0.1, 0.15) is 23.8 Å². The van der Waals surface area contributed by atoms with Crippen molar-refractivity contribution in [2.45, 2.75) is 6.61 Å². The minimum absolute atomic E-state index is 0.0637. The number of aromatic hydroxyl groups is 1. The number of non-ortho nitro benzene ring substituents is 1. The summed E-state index contributed by atoms with van der Waals surface area (Å²) in [5.74, 6) is 0.464. The fraction of sp³-hybridized carbons (Fsp3) is 0.0526. The summed E-state index contributed by atoms with van der Waals surface area (Å²) in [4.78, 5) is 10.3. The van der Waals surface area contributed by atoms with Gasteiger partial charge in [0.15, 0.2) is 0 Å². The van der Waals surface area contributed by atoms with Crippen LogP contribution in [0.2, 0.25) is 0 Å². The van der Waals surface area contributed by atoms with Crippen LogP contribution in [0, 0.1) is 10.1 Å². The Labute approximate surface area is 149 Å². The summed E-state index contributed by atoms with van der Waals surface area (Å²) < 4.78 is 5.69. The molecule has 0 saturated carbocycles. The van der Waals surface area contributed by atoms with E-state index in [0.29, 0.717) is 18.0 Å². The average molecular weight is 349 g/mol. The lowest BCUT2D eigenvalue weighted by molar-refractivity contribution is -0.384. The minimum Gasteiger partial charge on any atom is -0.506 e. The van der Waals surface area contributed by atoms with E-state index in [-0.39, 0.29) is 17.1 Å². The van der Waals surface area contributed by atoms with Crippen molar-refractivity contribution < 1.29 is 14.8 Å². The third kappa shape index (κ3) is 4.41. The molecular formula is C19H15N3O4. The van der Waals surface area contributed by atoms with E-state index in [0.717, 1.165) is 5.56 Å². The maximum absolute atomic E-state index is 10.8. The van der Waals surface area contributed by atoms with Gasteiger partial charge in [-0.15, -0.1) is 5.11 Å². The zero-order valence-corrected chi connectivity index (χ0v) is 13.6. The molecule has 0 aliphatic carbocycles. The molecule has 0 aliphatic heterocycles. The Balaban J connectivity index is 1.75.